The van der Waals surface area contributed by atoms with Crippen molar-refractivity contribution in [2.75, 3.05) is 11.9 Å². The second-order valence-electron chi connectivity index (χ2n) is 5.57. The molecule has 0 aliphatic heterocycles. The molecular weight excluding hydrogens is 254 g/mol. The zero-order valence-corrected chi connectivity index (χ0v) is 12.2. The van der Waals surface area contributed by atoms with Crippen LogP contribution in [-0.4, -0.2) is 18.7 Å². The quantitative estimate of drug-likeness (QED) is 0.818. The maximum Gasteiger partial charge on any atom is 0.414 e. The minimum Gasteiger partial charge on any atom is -0.464 e. The van der Waals surface area contributed by atoms with E-state index in [0.717, 1.165) is 17.0 Å². The zero-order chi connectivity index (χ0) is 14.8. The fourth-order valence-corrected chi connectivity index (χ4v) is 1.75. The minimum absolute atomic E-state index is 0.380. The van der Waals surface area contributed by atoms with Gasteiger partial charge in [0.25, 0.3) is 0 Å². The molecule has 0 spiro atoms. The third-order valence-electron chi connectivity index (χ3n) is 2.71. The number of rotatable bonds is 2. The molecule has 106 valence electrons. The van der Waals surface area contributed by atoms with Gasteiger partial charge < -0.3 is 9.15 Å². The van der Waals surface area contributed by atoms with Gasteiger partial charge in [0, 0.05) is 18.3 Å². The monoisotopic (exact) mass is 273 g/mol. The van der Waals surface area contributed by atoms with E-state index in [4.69, 9.17) is 9.15 Å². The maximum atomic E-state index is 12.0. The maximum absolute atomic E-state index is 12.0. The van der Waals surface area contributed by atoms with Crippen molar-refractivity contribution in [3.63, 3.8) is 0 Å². The van der Waals surface area contributed by atoms with Gasteiger partial charge in [-0.3, -0.25) is 4.90 Å². The van der Waals surface area contributed by atoms with Crippen molar-refractivity contribution in [2.45, 2.75) is 26.4 Å². The number of ether oxygens (including phenoxy) is 1. The number of carbonyl (C=O) groups is 1. The Labute approximate surface area is 119 Å². The van der Waals surface area contributed by atoms with Crippen LogP contribution in [0.5, 0.6) is 0 Å². The van der Waals surface area contributed by atoms with Crippen LogP contribution in [0.3, 0.4) is 0 Å². The van der Waals surface area contributed by atoms with Crippen LogP contribution in [0.25, 0.3) is 11.3 Å². The number of hydrogen-bond donors (Lipinski definition) is 0. The first-order chi connectivity index (χ1) is 9.37. The number of carbonyl (C=O) groups excluding carboxylic acids is 1. The molecule has 0 saturated heterocycles. The van der Waals surface area contributed by atoms with E-state index in [1.165, 1.54) is 4.90 Å². The van der Waals surface area contributed by atoms with Gasteiger partial charge in [-0.25, -0.2) is 4.79 Å². The lowest BCUT2D eigenvalue weighted by atomic mass is 10.1. The molecule has 20 heavy (non-hydrogen) atoms. The van der Waals surface area contributed by atoms with Crippen LogP contribution in [0, 0.1) is 0 Å². The summed E-state index contributed by atoms with van der Waals surface area (Å²) < 4.78 is 10.7. The number of amides is 1. The van der Waals surface area contributed by atoms with Gasteiger partial charge in [-0.1, -0.05) is 12.1 Å². The normalized spacial score (nSPS) is 11.2. The molecule has 0 saturated carbocycles. The summed E-state index contributed by atoms with van der Waals surface area (Å²) in [5, 5.41) is 0. The average molecular weight is 273 g/mol. The molecule has 0 atom stereocenters. The van der Waals surface area contributed by atoms with Crippen molar-refractivity contribution in [3.05, 3.63) is 42.7 Å². The number of benzene rings is 1. The molecule has 4 nitrogen and oxygen atoms in total. The number of furan rings is 1. The molecule has 2 aromatic rings. The van der Waals surface area contributed by atoms with Gasteiger partial charge in [0.2, 0.25) is 0 Å². The summed E-state index contributed by atoms with van der Waals surface area (Å²) in [4.78, 5) is 13.5. The van der Waals surface area contributed by atoms with E-state index in [0.29, 0.717) is 0 Å². The van der Waals surface area contributed by atoms with Crippen LogP contribution >= 0.6 is 0 Å². The van der Waals surface area contributed by atoms with E-state index in [2.05, 4.69) is 0 Å². The Kier molecular flexibility index (Phi) is 3.84. The van der Waals surface area contributed by atoms with E-state index < -0.39 is 5.60 Å². The Morgan fingerprint density at radius 2 is 1.95 bits per heavy atom. The van der Waals surface area contributed by atoms with Crippen molar-refractivity contribution in [3.8, 4) is 11.3 Å². The number of anilines is 1. The van der Waals surface area contributed by atoms with Crippen molar-refractivity contribution in [1.82, 2.24) is 0 Å². The molecule has 1 aromatic carbocycles. The molecule has 0 aliphatic carbocycles. The predicted molar refractivity (Wildman–Crippen MR) is 78.8 cm³/mol. The van der Waals surface area contributed by atoms with Gasteiger partial charge in [0.05, 0.1) is 6.26 Å². The Morgan fingerprint density at radius 3 is 2.55 bits per heavy atom. The predicted octanol–water partition coefficient (Wildman–Crippen LogP) is 4.32. The molecule has 0 bridgehead atoms. The Hall–Kier alpha value is -2.23. The van der Waals surface area contributed by atoms with Gasteiger partial charge >= 0.3 is 6.09 Å². The third-order valence-corrected chi connectivity index (χ3v) is 2.71. The van der Waals surface area contributed by atoms with Crippen LogP contribution in [0.4, 0.5) is 10.5 Å². The lowest BCUT2D eigenvalue weighted by molar-refractivity contribution is 0.0589. The minimum atomic E-state index is -0.510. The fourth-order valence-electron chi connectivity index (χ4n) is 1.75. The van der Waals surface area contributed by atoms with Gasteiger partial charge in [-0.15, -0.1) is 0 Å². The summed E-state index contributed by atoms with van der Waals surface area (Å²) in [6.45, 7) is 5.54. The highest BCUT2D eigenvalue weighted by Crippen LogP contribution is 2.25. The van der Waals surface area contributed by atoms with Gasteiger partial charge in [0.1, 0.15) is 11.4 Å². The van der Waals surface area contributed by atoms with Crippen molar-refractivity contribution >= 4 is 11.8 Å². The summed E-state index contributed by atoms with van der Waals surface area (Å²) >= 11 is 0. The first kappa shape index (κ1) is 14.2. The standard InChI is InChI=1S/C16H19NO3/c1-16(2,3)20-15(18)17(4)13-8-5-7-12(11-13)14-9-6-10-19-14/h5-11H,1-4H3. The van der Waals surface area contributed by atoms with E-state index in [1.807, 2.05) is 57.2 Å². The van der Waals surface area contributed by atoms with Crippen LogP contribution in [0.1, 0.15) is 20.8 Å². The largest absolute Gasteiger partial charge is 0.464 e. The van der Waals surface area contributed by atoms with Gasteiger partial charge in [0.15, 0.2) is 0 Å². The molecule has 0 N–H and O–H groups in total. The topological polar surface area (TPSA) is 42.7 Å². The molecule has 0 fully saturated rings. The summed E-state index contributed by atoms with van der Waals surface area (Å²) in [5.41, 5.74) is 1.17. The van der Waals surface area contributed by atoms with E-state index in [9.17, 15) is 4.79 Å². The Morgan fingerprint density at radius 1 is 1.20 bits per heavy atom. The van der Waals surface area contributed by atoms with E-state index in [-0.39, 0.29) is 6.09 Å². The SMILES string of the molecule is CN(C(=O)OC(C)(C)C)c1cccc(-c2ccco2)c1. The molecule has 1 amide bonds. The highest BCUT2D eigenvalue weighted by molar-refractivity contribution is 5.88. The molecule has 4 heteroatoms. The Bertz CT molecular complexity index is 582. The summed E-state index contributed by atoms with van der Waals surface area (Å²) in [6.07, 6.45) is 1.24. The summed E-state index contributed by atoms with van der Waals surface area (Å²) in [5.74, 6) is 0.768. The van der Waals surface area contributed by atoms with Crippen LogP contribution in [0.2, 0.25) is 0 Å². The second-order valence-corrected chi connectivity index (χ2v) is 5.57. The Balaban J connectivity index is 2.21. The molecule has 1 heterocycles. The molecule has 1 aromatic heterocycles. The first-order valence-electron chi connectivity index (χ1n) is 6.47. The second kappa shape index (κ2) is 5.41. The summed E-state index contributed by atoms with van der Waals surface area (Å²) in [6, 6.07) is 11.3. The van der Waals surface area contributed by atoms with Crippen LogP contribution in [0.15, 0.2) is 47.1 Å². The average Bonchev–Trinajstić information content (AvgIpc) is 2.90. The van der Waals surface area contributed by atoms with Crippen molar-refractivity contribution in [2.24, 2.45) is 0 Å². The van der Waals surface area contributed by atoms with Gasteiger partial charge in [-0.2, -0.15) is 0 Å². The number of hydrogen-bond acceptors (Lipinski definition) is 3. The first-order valence-corrected chi connectivity index (χ1v) is 6.47. The zero-order valence-electron chi connectivity index (χ0n) is 12.2. The molecule has 0 unspecified atom stereocenters. The third kappa shape index (κ3) is 3.41. The lowest BCUT2D eigenvalue weighted by Crippen LogP contribution is -2.34. The van der Waals surface area contributed by atoms with E-state index in [1.54, 1.807) is 13.3 Å². The van der Waals surface area contributed by atoms with Gasteiger partial charge in [-0.05, 0) is 45.0 Å². The smallest absolute Gasteiger partial charge is 0.414 e. The van der Waals surface area contributed by atoms with Crippen molar-refractivity contribution in [1.29, 1.82) is 0 Å². The molecule has 2 rings (SSSR count). The van der Waals surface area contributed by atoms with Crippen LogP contribution < -0.4 is 4.90 Å². The molecule has 0 radical (unpaired) electrons. The lowest BCUT2D eigenvalue weighted by Gasteiger charge is -2.24. The highest BCUT2D eigenvalue weighted by atomic mass is 16.6. The van der Waals surface area contributed by atoms with E-state index >= 15 is 0 Å². The molecule has 0 aliphatic rings. The van der Waals surface area contributed by atoms with Crippen LogP contribution in [-0.2, 0) is 4.74 Å². The fraction of sp³-hybridized carbons (Fsp3) is 0.312. The van der Waals surface area contributed by atoms with Crippen molar-refractivity contribution < 1.29 is 13.9 Å². The number of nitrogens with zero attached hydrogens (tertiary/aromatic N) is 1. The highest BCUT2D eigenvalue weighted by Gasteiger charge is 2.20. The molecular formula is C16H19NO3. The summed E-state index contributed by atoms with van der Waals surface area (Å²) in [7, 11) is 1.69.